The molecule has 0 spiro atoms. The Morgan fingerprint density at radius 2 is 0.670 bits per heavy atom. The summed E-state index contributed by atoms with van der Waals surface area (Å²) in [5.74, 6) is 0. The number of para-hydroxylation sites is 1. The minimum Gasteiger partial charge on any atom is -0.456 e. The molecule has 0 bridgehead atoms. The van der Waals surface area contributed by atoms with Gasteiger partial charge in [-0.15, -0.1) is 0 Å². The van der Waals surface area contributed by atoms with Gasteiger partial charge in [0.05, 0.1) is 16.5 Å². The number of hydrogen-bond acceptors (Lipinski definition) is 3. The monoisotopic (exact) mass is 1150 g/mol. The van der Waals surface area contributed by atoms with Gasteiger partial charge >= 0.3 is 0 Å². The van der Waals surface area contributed by atoms with E-state index in [1.165, 1.54) is 89.0 Å². The van der Waals surface area contributed by atoms with Crippen LogP contribution in [0.4, 0.5) is 17.1 Å². The first-order valence-corrected chi connectivity index (χ1v) is 30.4. The molecule has 0 N–H and O–H groups in total. The van der Waals surface area contributed by atoms with Gasteiger partial charge < -0.3 is 13.7 Å². The molecule has 4 heteroatoms. The molecule has 0 radical (unpaired) electrons. The number of rotatable bonds is 7. The lowest BCUT2D eigenvalue weighted by molar-refractivity contribution is 0.660. The van der Waals surface area contributed by atoms with Crippen LogP contribution >= 0.6 is 11.6 Å². The van der Waals surface area contributed by atoms with E-state index in [0.717, 1.165) is 60.9 Å². The highest BCUT2D eigenvalue weighted by Gasteiger charge is 2.48. The van der Waals surface area contributed by atoms with Gasteiger partial charge in [0.15, 0.2) is 0 Å². The molecular weight excluding hydrogens is 1090 g/mol. The Morgan fingerprint density at radius 3 is 1.16 bits per heavy atom. The topological polar surface area (TPSA) is 29.5 Å². The van der Waals surface area contributed by atoms with E-state index < -0.39 is 10.8 Å². The highest BCUT2D eigenvalue weighted by atomic mass is 35.5. The van der Waals surface area contributed by atoms with Gasteiger partial charge in [-0.05, 0) is 138 Å². The lowest BCUT2D eigenvalue weighted by Gasteiger charge is -2.33. The molecule has 0 fully saturated rings. The zero-order chi connectivity index (χ0) is 58.0. The lowest BCUT2D eigenvalue weighted by atomic mass is 9.67. The average Bonchev–Trinajstić information content (AvgIpc) is 1.56. The predicted octanol–water partition coefficient (Wildman–Crippen LogP) is 23.0. The Kier molecular flexibility index (Phi) is 12.3. The van der Waals surface area contributed by atoms with Crippen LogP contribution in [0.3, 0.4) is 0 Å². The van der Waals surface area contributed by atoms with E-state index in [9.17, 15) is 0 Å². The minimum atomic E-state index is -0.478. The summed E-state index contributed by atoms with van der Waals surface area (Å²) in [4.78, 5) is 2.39. The number of hydrogen-bond donors (Lipinski definition) is 0. The molecule has 88 heavy (non-hydrogen) atoms. The van der Waals surface area contributed by atoms with Gasteiger partial charge in [-0.2, -0.15) is 0 Å². The zero-order valence-corrected chi connectivity index (χ0v) is 48.8. The van der Waals surface area contributed by atoms with Gasteiger partial charge in [0, 0.05) is 61.1 Å². The van der Waals surface area contributed by atoms with Gasteiger partial charge in [0.25, 0.3) is 0 Å². The molecule has 0 atom stereocenters. The van der Waals surface area contributed by atoms with E-state index in [-0.39, 0.29) is 12.8 Å². The molecule has 420 valence electrons. The highest BCUT2D eigenvalue weighted by Crippen LogP contribution is 2.59. The van der Waals surface area contributed by atoms with Crippen LogP contribution in [0.15, 0.2) is 312 Å². The number of fused-ring (bicyclic) bond motifs is 15. The quantitative estimate of drug-likeness (QED) is 0.159. The Labute approximate surface area is 518 Å². The van der Waals surface area contributed by atoms with Crippen LogP contribution in [0, 0.1) is 0 Å². The normalized spacial score (nSPS) is 14.0. The summed E-state index contributed by atoms with van der Waals surface area (Å²) >= 11 is 6.24. The van der Waals surface area contributed by atoms with Crippen molar-refractivity contribution in [2.45, 2.75) is 37.5 Å². The van der Waals surface area contributed by atoms with E-state index in [2.05, 4.69) is 304 Å². The van der Waals surface area contributed by atoms with Gasteiger partial charge in [-0.25, -0.2) is 0 Å². The molecular formula is C84H60ClNO2. The van der Waals surface area contributed by atoms with Crippen LogP contribution < -0.4 is 4.90 Å². The first-order chi connectivity index (χ1) is 42.8. The SMILES string of the molecule is C.CC1(C)c2ccccc2-c2c(N(c3ccccc3)c3ccc4c(c3)oc3cc(C5(c6ccccc6)c6ccccc6-c6ccccc65)ccc34)cccc21.Clc1ccc2c(c1)oc1cc(C3(c4ccccc4)c4ccccc4-c4ccccc43)ccc12. The van der Waals surface area contributed by atoms with Crippen molar-refractivity contribution in [2.75, 3.05) is 4.90 Å². The second kappa shape index (κ2) is 20.3. The van der Waals surface area contributed by atoms with Crippen molar-refractivity contribution in [1.82, 2.24) is 0 Å². The maximum Gasteiger partial charge on any atom is 0.137 e. The van der Waals surface area contributed by atoms with E-state index >= 15 is 0 Å². The molecule has 3 aliphatic carbocycles. The Hall–Kier alpha value is -10.5. The summed E-state index contributed by atoms with van der Waals surface area (Å²) in [6.07, 6.45) is 0. The van der Waals surface area contributed by atoms with Crippen molar-refractivity contribution in [3.63, 3.8) is 0 Å². The minimum absolute atomic E-state index is 0. The van der Waals surface area contributed by atoms with Crippen LogP contribution in [-0.2, 0) is 16.2 Å². The molecule has 2 heterocycles. The molecule has 0 saturated heterocycles. The third-order valence-corrected chi connectivity index (χ3v) is 19.4. The fourth-order valence-electron chi connectivity index (χ4n) is 15.5. The van der Waals surface area contributed by atoms with Crippen LogP contribution in [0.25, 0.3) is 77.3 Å². The van der Waals surface area contributed by atoms with Crippen molar-refractivity contribution in [1.29, 1.82) is 0 Å². The van der Waals surface area contributed by atoms with Crippen molar-refractivity contribution in [3.8, 4) is 33.4 Å². The maximum absolute atomic E-state index is 6.93. The molecule has 3 nitrogen and oxygen atoms in total. The summed E-state index contributed by atoms with van der Waals surface area (Å²) in [6.45, 7) is 4.68. The molecule has 13 aromatic carbocycles. The first-order valence-electron chi connectivity index (χ1n) is 30.0. The fourth-order valence-corrected chi connectivity index (χ4v) is 15.6. The van der Waals surface area contributed by atoms with Gasteiger partial charge in [0.2, 0.25) is 0 Å². The molecule has 0 aliphatic heterocycles. The van der Waals surface area contributed by atoms with Crippen LogP contribution in [0.5, 0.6) is 0 Å². The van der Waals surface area contributed by atoms with Gasteiger partial charge in [0.1, 0.15) is 22.3 Å². The second-order valence-corrected chi connectivity index (χ2v) is 24.3. The average molecular weight is 1150 g/mol. The van der Waals surface area contributed by atoms with E-state index in [1.807, 2.05) is 18.2 Å². The molecule has 0 saturated carbocycles. The number of nitrogens with zero attached hydrogens (tertiary/aromatic N) is 1. The summed E-state index contributed by atoms with van der Waals surface area (Å²) in [7, 11) is 0. The van der Waals surface area contributed by atoms with Crippen molar-refractivity contribution < 1.29 is 8.83 Å². The van der Waals surface area contributed by atoms with E-state index in [4.69, 9.17) is 20.4 Å². The summed E-state index contributed by atoms with van der Waals surface area (Å²) in [5.41, 5.74) is 26.3. The van der Waals surface area contributed by atoms with E-state index in [1.54, 1.807) is 0 Å². The molecule has 0 unspecified atom stereocenters. The molecule has 18 rings (SSSR count). The predicted molar refractivity (Wildman–Crippen MR) is 366 cm³/mol. The van der Waals surface area contributed by atoms with Crippen molar-refractivity contribution in [2.24, 2.45) is 0 Å². The number of furan rings is 2. The number of anilines is 3. The summed E-state index contributed by atoms with van der Waals surface area (Å²) in [6, 6.07) is 110. The Bertz CT molecular complexity index is 5140. The molecule has 15 aromatic rings. The van der Waals surface area contributed by atoms with E-state index in [0.29, 0.717) is 5.02 Å². The van der Waals surface area contributed by atoms with Crippen molar-refractivity contribution >= 4 is 72.5 Å². The number of benzene rings is 13. The zero-order valence-electron chi connectivity index (χ0n) is 48.0. The van der Waals surface area contributed by atoms with Gasteiger partial charge in [-0.3, -0.25) is 0 Å². The second-order valence-electron chi connectivity index (χ2n) is 23.9. The third kappa shape index (κ3) is 7.63. The van der Waals surface area contributed by atoms with Crippen LogP contribution in [0.2, 0.25) is 5.02 Å². The van der Waals surface area contributed by atoms with Crippen molar-refractivity contribution in [3.05, 3.63) is 364 Å². The maximum atomic E-state index is 6.93. The Balaban J connectivity index is 0.000000157. The molecule has 2 aromatic heterocycles. The summed E-state index contributed by atoms with van der Waals surface area (Å²) in [5, 5.41) is 5.10. The Morgan fingerprint density at radius 1 is 0.295 bits per heavy atom. The summed E-state index contributed by atoms with van der Waals surface area (Å²) < 4.78 is 13.2. The van der Waals surface area contributed by atoms with Gasteiger partial charge in [-0.1, -0.05) is 269 Å². The van der Waals surface area contributed by atoms with Crippen LogP contribution in [0.1, 0.15) is 76.9 Å². The molecule has 3 aliphatic rings. The lowest BCUT2D eigenvalue weighted by Crippen LogP contribution is -2.28. The third-order valence-electron chi connectivity index (χ3n) is 19.2. The molecule has 0 amide bonds. The first kappa shape index (κ1) is 53.1. The smallest absolute Gasteiger partial charge is 0.137 e. The largest absolute Gasteiger partial charge is 0.456 e. The highest BCUT2D eigenvalue weighted by molar-refractivity contribution is 6.31. The standard InChI is InChI=1S/C52H37NO.C31H19ClO.CH4/c1-51(2)43-23-12-11-22-42(43)50-46(51)26-15-27-47(50)53(36-18-7-4-8-19-36)37-29-31-41-40-30-28-35(32-48(40)54-49(41)33-37)52(34-16-5-3-6-17-34)44-24-13-9-20-38(44)39-21-10-14-25-45(39)52;32-22-15-17-26-25-16-14-21(18-29(25)33-30(26)19-22)31(20-8-2-1-3-9-20)27-12-6-4-10-23(27)24-11-5-7-13-28(24)31;/h3-33H,1-2H3;1-19H;1H4. The van der Waals surface area contributed by atoms with Crippen LogP contribution in [-0.4, -0.2) is 0 Å². The fraction of sp³-hybridized carbons (Fsp3) is 0.0714. The number of halogens is 1.